The van der Waals surface area contributed by atoms with E-state index < -0.39 is 0 Å². The van der Waals surface area contributed by atoms with Gasteiger partial charge in [0, 0.05) is 43.1 Å². The van der Waals surface area contributed by atoms with Gasteiger partial charge in [0.2, 0.25) is 0 Å². The number of aromatic nitrogens is 1. The number of carbonyl (C=O) groups excluding carboxylic acids is 1. The molecule has 1 aliphatic heterocycles. The maximum atomic E-state index is 12.6. The van der Waals surface area contributed by atoms with Crippen LogP contribution in [0.1, 0.15) is 52.9 Å². The van der Waals surface area contributed by atoms with Crippen molar-refractivity contribution in [1.82, 2.24) is 15.2 Å². The summed E-state index contributed by atoms with van der Waals surface area (Å²) in [5.74, 6) is 0.0573. The summed E-state index contributed by atoms with van der Waals surface area (Å²) in [6.45, 7) is 8.26. The van der Waals surface area contributed by atoms with Crippen LogP contribution in [0.3, 0.4) is 0 Å². The molecule has 4 nitrogen and oxygen atoms in total. The monoisotopic (exact) mass is 337 g/mol. The third kappa shape index (κ3) is 4.26. The van der Waals surface area contributed by atoms with E-state index in [2.05, 4.69) is 34.3 Å². The zero-order valence-electron chi connectivity index (χ0n) is 15.3. The fourth-order valence-corrected chi connectivity index (χ4v) is 3.53. The molecule has 2 aromatic rings. The molecular formula is C21H27N3O. The van der Waals surface area contributed by atoms with Crippen LogP contribution in [0.5, 0.6) is 0 Å². The average Bonchev–Trinajstić information content (AvgIpc) is 2.64. The minimum absolute atomic E-state index is 0.0573. The first-order valence-electron chi connectivity index (χ1n) is 9.06. The molecule has 3 rings (SSSR count). The summed E-state index contributed by atoms with van der Waals surface area (Å²) in [6.07, 6.45) is 5.68. The molecule has 0 radical (unpaired) electrons. The SMILES string of the molecule is Cc1ccc(C)c(C(=O)NC2CCN([C@H](C)c3ccncc3)CC2)c1. The molecular weight excluding hydrogens is 310 g/mol. The summed E-state index contributed by atoms with van der Waals surface area (Å²) in [6, 6.07) is 10.9. The van der Waals surface area contributed by atoms with Gasteiger partial charge in [-0.2, -0.15) is 0 Å². The summed E-state index contributed by atoms with van der Waals surface area (Å²) in [7, 11) is 0. The van der Waals surface area contributed by atoms with E-state index in [1.807, 2.05) is 44.4 Å². The number of carbonyl (C=O) groups is 1. The van der Waals surface area contributed by atoms with E-state index in [1.54, 1.807) is 0 Å². The first-order chi connectivity index (χ1) is 12.0. The molecule has 25 heavy (non-hydrogen) atoms. The van der Waals surface area contributed by atoms with Gasteiger partial charge in [-0.15, -0.1) is 0 Å². The highest BCUT2D eigenvalue weighted by Crippen LogP contribution is 2.24. The Bertz CT molecular complexity index is 721. The van der Waals surface area contributed by atoms with Gasteiger partial charge in [-0.25, -0.2) is 0 Å². The Morgan fingerprint density at radius 2 is 1.84 bits per heavy atom. The molecule has 0 saturated carbocycles. The van der Waals surface area contributed by atoms with Crippen molar-refractivity contribution in [2.24, 2.45) is 0 Å². The summed E-state index contributed by atoms with van der Waals surface area (Å²) in [5.41, 5.74) is 4.25. The van der Waals surface area contributed by atoms with Crippen molar-refractivity contribution in [3.05, 3.63) is 65.0 Å². The molecule has 0 aliphatic carbocycles. The van der Waals surface area contributed by atoms with E-state index >= 15 is 0 Å². The minimum Gasteiger partial charge on any atom is -0.349 e. The summed E-state index contributed by atoms with van der Waals surface area (Å²) >= 11 is 0. The number of amides is 1. The lowest BCUT2D eigenvalue weighted by Gasteiger charge is -2.36. The Kier molecular flexibility index (Phi) is 5.49. The minimum atomic E-state index is 0.0573. The Hall–Kier alpha value is -2.20. The van der Waals surface area contributed by atoms with Gasteiger partial charge in [0.15, 0.2) is 0 Å². The van der Waals surface area contributed by atoms with Crippen molar-refractivity contribution in [1.29, 1.82) is 0 Å². The van der Waals surface area contributed by atoms with Crippen LogP contribution < -0.4 is 5.32 Å². The number of benzene rings is 1. The number of rotatable bonds is 4. The molecule has 0 unspecified atom stereocenters. The molecule has 1 aromatic heterocycles. The lowest BCUT2D eigenvalue weighted by Crippen LogP contribution is -2.45. The third-order valence-corrected chi connectivity index (χ3v) is 5.24. The average molecular weight is 337 g/mol. The fraction of sp³-hybridized carbons (Fsp3) is 0.429. The highest BCUT2D eigenvalue weighted by Gasteiger charge is 2.25. The number of pyridine rings is 1. The van der Waals surface area contributed by atoms with E-state index in [4.69, 9.17) is 0 Å². The van der Waals surface area contributed by atoms with Gasteiger partial charge in [-0.1, -0.05) is 17.7 Å². The zero-order chi connectivity index (χ0) is 17.8. The predicted molar refractivity (Wildman–Crippen MR) is 101 cm³/mol. The second kappa shape index (κ2) is 7.79. The smallest absolute Gasteiger partial charge is 0.251 e. The topological polar surface area (TPSA) is 45.2 Å². The van der Waals surface area contributed by atoms with Gasteiger partial charge in [0.25, 0.3) is 5.91 Å². The molecule has 1 N–H and O–H groups in total. The second-order valence-electron chi connectivity index (χ2n) is 7.06. The standard InChI is InChI=1S/C21H27N3O/c1-15-4-5-16(2)20(14-15)21(25)23-19-8-12-24(13-9-19)17(3)18-6-10-22-11-7-18/h4-7,10-11,14,17,19H,8-9,12-13H2,1-3H3,(H,23,25)/t17-/m1/s1. The Morgan fingerprint density at radius 3 is 2.52 bits per heavy atom. The van der Waals surface area contributed by atoms with E-state index in [0.717, 1.165) is 42.6 Å². The quantitative estimate of drug-likeness (QED) is 0.926. The first kappa shape index (κ1) is 17.6. The van der Waals surface area contributed by atoms with E-state index in [0.29, 0.717) is 6.04 Å². The van der Waals surface area contributed by atoms with Crippen LogP contribution >= 0.6 is 0 Å². The highest BCUT2D eigenvalue weighted by molar-refractivity contribution is 5.96. The van der Waals surface area contributed by atoms with Crippen molar-refractivity contribution < 1.29 is 4.79 Å². The van der Waals surface area contributed by atoms with Crippen molar-refractivity contribution in [3.8, 4) is 0 Å². The third-order valence-electron chi connectivity index (χ3n) is 5.24. The summed E-state index contributed by atoms with van der Waals surface area (Å²) in [4.78, 5) is 19.2. The molecule has 1 saturated heterocycles. The zero-order valence-corrected chi connectivity index (χ0v) is 15.3. The number of nitrogens with one attached hydrogen (secondary N) is 1. The number of aryl methyl sites for hydroxylation is 2. The van der Waals surface area contributed by atoms with E-state index in [1.165, 1.54) is 5.56 Å². The van der Waals surface area contributed by atoms with Crippen molar-refractivity contribution >= 4 is 5.91 Å². The molecule has 4 heteroatoms. The van der Waals surface area contributed by atoms with Gasteiger partial charge >= 0.3 is 0 Å². The highest BCUT2D eigenvalue weighted by atomic mass is 16.1. The number of hydrogen-bond acceptors (Lipinski definition) is 3. The lowest BCUT2D eigenvalue weighted by atomic mass is 9.99. The molecule has 1 atom stereocenters. The molecule has 1 aliphatic rings. The van der Waals surface area contributed by atoms with Crippen molar-refractivity contribution in [2.45, 2.75) is 45.7 Å². The number of piperidine rings is 1. The van der Waals surface area contributed by atoms with Crippen LogP contribution in [0.15, 0.2) is 42.7 Å². The fourth-order valence-electron chi connectivity index (χ4n) is 3.53. The Balaban J connectivity index is 1.56. The maximum Gasteiger partial charge on any atom is 0.251 e. The molecule has 132 valence electrons. The molecule has 1 fully saturated rings. The van der Waals surface area contributed by atoms with Crippen LogP contribution in [0.25, 0.3) is 0 Å². The number of nitrogens with zero attached hydrogens (tertiary/aromatic N) is 2. The van der Waals surface area contributed by atoms with Gasteiger partial charge in [0.1, 0.15) is 0 Å². The molecule has 2 heterocycles. The van der Waals surface area contributed by atoms with Gasteiger partial charge in [-0.05, 0) is 62.9 Å². The molecule has 1 amide bonds. The maximum absolute atomic E-state index is 12.6. The van der Waals surface area contributed by atoms with Crippen LogP contribution in [-0.2, 0) is 0 Å². The first-order valence-corrected chi connectivity index (χ1v) is 9.06. The molecule has 0 bridgehead atoms. The van der Waals surface area contributed by atoms with E-state index in [-0.39, 0.29) is 11.9 Å². The number of likely N-dealkylation sites (tertiary alicyclic amines) is 1. The van der Waals surface area contributed by atoms with Crippen LogP contribution in [0, 0.1) is 13.8 Å². The van der Waals surface area contributed by atoms with Crippen molar-refractivity contribution in [3.63, 3.8) is 0 Å². The normalized spacial score (nSPS) is 17.2. The molecule has 1 aromatic carbocycles. The Morgan fingerprint density at radius 1 is 1.16 bits per heavy atom. The van der Waals surface area contributed by atoms with Gasteiger partial charge < -0.3 is 5.32 Å². The largest absolute Gasteiger partial charge is 0.349 e. The number of hydrogen-bond donors (Lipinski definition) is 1. The van der Waals surface area contributed by atoms with E-state index in [9.17, 15) is 4.79 Å². The lowest BCUT2D eigenvalue weighted by molar-refractivity contribution is 0.0895. The summed E-state index contributed by atoms with van der Waals surface area (Å²) < 4.78 is 0. The van der Waals surface area contributed by atoms with Gasteiger partial charge in [0.05, 0.1) is 0 Å². The second-order valence-corrected chi connectivity index (χ2v) is 7.06. The van der Waals surface area contributed by atoms with Crippen LogP contribution in [0.4, 0.5) is 0 Å². The van der Waals surface area contributed by atoms with Crippen LogP contribution in [0.2, 0.25) is 0 Å². The predicted octanol–water partition coefficient (Wildman–Crippen LogP) is 3.65. The molecule has 0 spiro atoms. The van der Waals surface area contributed by atoms with Gasteiger partial charge in [-0.3, -0.25) is 14.7 Å². The Labute approximate surface area is 150 Å². The van der Waals surface area contributed by atoms with Crippen molar-refractivity contribution in [2.75, 3.05) is 13.1 Å². The summed E-state index contributed by atoms with van der Waals surface area (Å²) in [5, 5.41) is 3.23. The van der Waals surface area contributed by atoms with Crippen LogP contribution in [-0.4, -0.2) is 34.9 Å².